The summed E-state index contributed by atoms with van der Waals surface area (Å²) in [6, 6.07) is 5.71. The van der Waals surface area contributed by atoms with Gasteiger partial charge in [0.1, 0.15) is 23.1 Å². The third kappa shape index (κ3) is 3.81. The number of hydrogen-bond donors (Lipinski definition) is 0. The second kappa shape index (κ2) is 8.67. The number of amides is 1. The number of fused-ring (bicyclic) bond motifs is 1. The van der Waals surface area contributed by atoms with Crippen LogP contribution in [0.3, 0.4) is 0 Å². The van der Waals surface area contributed by atoms with Crippen molar-refractivity contribution in [2.75, 3.05) is 44.3 Å². The van der Waals surface area contributed by atoms with Gasteiger partial charge in [0, 0.05) is 32.4 Å². The lowest BCUT2D eigenvalue weighted by Gasteiger charge is -2.29. The number of hydrogen-bond acceptors (Lipinski definition) is 6. The van der Waals surface area contributed by atoms with Gasteiger partial charge >= 0.3 is 0 Å². The molecule has 0 N–H and O–H groups in total. The van der Waals surface area contributed by atoms with Gasteiger partial charge in [-0.1, -0.05) is 6.07 Å². The maximum Gasteiger partial charge on any atom is 0.267 e. The summed E-state index contributed by atoms with van der Waals surface area (Å²) in [5, 5.41) is 9.71. The molecule has 8 heteroatoms. The van der Waals surface area contributed by atoms with E-state index in [1.807, 2.05) is 24.0 Å². The quantitative estimate of drug-likeness (QED) is 0.569. The number of anilines is 1. The van der Waals surface area contributed by atoms with E-state index in [2.05, 4.69) is 0 Å². The summed E-state index contributed by atoms with van der Waals surface area (Å²) in [6.45, 7) is 5.45. The van der Waals surface area contributed by atoms with E-state index in [0.717, 1.165) is 24.8 Å². The molecule has 0 unspecified atom stereocenters. The van der Waals surface area contributed by atoms with Crippen molar-refractivity contribution >= 4 is 23.4 Å². The minimum atomic E-state index is -0.320. The van der Waals surface area contributed by atoms with Gasteiger partial charge in [0.15, 0.2) is 0 Å². The number of nitrogens with zero attached hydrogens (tertiary/aromatic N) is 5. The molecular weight excluding hydrogens is 382 g/mol. The molecule has 0 aliphatic carbocycles. The molecule has 0 saturated carbocycles. The molecule has 4 rings (SSSR count). The number of ether oxygens (including phenoxy) is 1. The SMILES string of the molecule is Cc1cccn2c(=O)c(C=C(C#N)C(=O)N3CCCCC3)c(N3CCOCC3)nc12. The van der Waals surface area contributed by atoms with Gasteiger partial charge < -0.3 is 14.5 Å². The molecule has 2 aliphatic heterocycles. The third-order valence-electron chi connectivity index (χ3n) is 5.66. The number of carbonyl (C=O) groups is 1. The summed E-state index contributed by atoms with van der Waals surface area (Å²) in [5.41, 5.74) is 1.40. The zero-order valence-corrected chi connectivity index (χ0v) is 17.1. The Bertz CT molecular complexity index is 1090. The summed E-state index contributed by atoms with van der Waals surface area (Å²) in [4.78, 5) is 34.8. The molecule has 1 amide bonds. The molecule has 30 heavy (non-hydrogen) atoms. The highest BCUT2D eigenvalue weighted by Gasteiger charge is 2.24. The van der Waals surface area contributed by atoms with Crippen molar-refractivity contribution in [3.05, 3.63) is 45.4 Å². The van der Waals surface area contributed by atoms with Gasteiger partial charge in [0.05, 0.1) is 18.8 Å². The molecule has 0 atom stereocenters. The van der Waals surface area contributed by atoms with Crippen molar-refractivity contribution in [1.82, 2.24) is 14.3 Å². The number of likely N-dealkylation sites (tertiary alicyclic amines) is 1. The highest BCUT2D eigenvalue weighted by Crippen LogP contribution is 2.22. The number of piperidine rings is 1. The Morgan fingerprint density at radius 1 is 1.20 bits per heavy atom. The van der Waals surface area contributed by atoms with Crippen molar-refractivity contribution in [2.45, 2.75) is 26.2 Å². The van der Waals surface area contributed by atoms with Crippen LogP contribution < -0.4 is 10.5 Å². The van der Waals surface area contributed by atoms with E-state index in [4.69, 9.17) is 9.72 Å². The molecule has 156 valence electrons. The van der Waals surface area contributed by atoms with Crippen LogP contribution in [0, 0.1) is 18.3 Å². The summed E-state index contributed by atoms with van der Waals surface area (Å²) in [6.07, 6.45) is 6.04. The van der Waals surface area contributed by atoms with E-state index in [1.54, 1.807) is 17.2 Å². The Morgan fingerprint density at radius 2 is 1.93 bits per heavy atom. The molecule has 0 spiro atoms. The normalized spacial score (nSPS) is 17.8. The summed E-state index contributed by atoms with van der Waals surface area (Å²) in [7, 11) is 0. The molecule has 4 heterocycles. The van der Waals surface area contributed by atoms with Crippen LogP contribution in [-0.2, 0) is 9.53 Å². The van der Waals surface area contributed by atoms with E-state index in [1.165, 1.54) is 10.5 Å². The van der Waals surface area contributed by atoms with Crippen molar-refractivity contribution in [3.8, 4) is 6.07 Å². The highest BCUT2D eigenvalue weighted by molar-refractivity contribution is 6.02. The standard InChI is InChI=1S/C22H25N5O3/c1-16-6-5-9-27-19(16)24-20(25-10-12-30-13-11-25)18(22(27)29)14-17(15-23)21(28)26-7-3-2-4-8-26/h5-6,9,14H,2-4,7-8,10-13H2,1H3. The van der Waals surface area contributed by atoms with Gasteiger partial charge in [-0.15, -0.1) is 0 Å². The van der Waals surface area contributed by atoms with Crippen molar-refractivity contribution in [3.63, 3.8) is 0 Å². The van der Waals surface area contributed by atoms with Crippen molar-refractivity contribution in [2.24, 2.45) is 0 Å². The lowest BCUT2D eigenvalue weighted by atomic mass is 10.1. The summed E-state index contributed by atoms with van der Waals surface area (Å²) in [5.74, 6) is 0.177. The van der Waals surface area contributed by atoms with Gasteiger partial charge in [0.2, 0.25) is 0 Å². The summed E-state index contributed by atoms with van der Waals surface area (Å²) < 4.78 is 6.92. The van der Waals surface area contributed by atoms with Crippen LogP contribution in [0.5, 0.6) is 0 Å². The molecule has 2 aliphatic rings. The fourth-order valence-electron chi connectivity index (χ4n) is 4.00. The van der Waals surface area contributed by atoms with E-state index < -0.39 is 0 Å². The molecule has 2 aromatic heterocycles. The smallest absolute Gasteiger partial charge is 0.267 e. The fraction of sp³-hybridized carbons (Fsp3) is 0.455. The van der Waals surface area contributed by atoms with E-state index in [-0.39, 0.29) is 22.6 Å². The van der Waals surface area contributed by atoms with Crippen molar-refractivity contribution in [1.29, 1.82) is 5.26 Å². The zero-order chi connectivity index (χ0) is 21.1. The predicted octanol–water partition coefficient (Wildman–Crippen LogP) is 1.76. The van der Waals surface area contributed by atoms with E-state index in [0.29, 0.717) is 50.9 Å². The lowest BCUT2D eigenvalue weighted by molar-refractivity contribution is -0.127. The van der Waals surface area contributed by atoms with Gasteiger partial charge in [-0.25, -0.2) is 4.98 Å². The molecular formula is C22H25N5O3. The summed E-state index contributed by atoms with van der Waals surface area (Å²) >= 11 is 0. The first-order valence-electron chi connectivity index (χ1n) is 10.4. The van der Waals surface area contributed by atoms with Gasteiger partial charge in [-0.3, -0.25) is 14.0 Å². The lowest BCUT2D eigenvalue weighted by Crippen LogP contribution is -2.39. The fourth-order valence-corrected chi connectivity index (χ4v) is 4.00. The number of aryl methyl sites for hydroxylation is 1. The Kier molecular flexibility index (Phi) is 5.81. The number of morpholine rings is 1. The van der Waals surface area contributed by atoms with Crippen LogP contribution in [0.4, 0.5) is 5.82 Å². The van der Waals surface area contributed by atoms with Gasteiger partial charge in [-0.2, -0.15) is 5.26 Å². The second-order valence-corrected chi connectivity index (χ2v) is 7.66. The predicted molar refractivity (Wildman–Crippen MR) is 113 cm³/mol. The number of aromatic nitrogens is 2. The Morgan fingerprint density at radius 3 is 2.63 bits per heavy atom. The zero-order valence-electron chi connectivity index (χ0n) is 17.1. The molecule has 0 aromatic carbocycles. The Hall–Kier alpha value is -3.18. The molecule has 2 fully saturated rings. The van der Waals surface area contributed by atoms with Crippen LogP contribution in [0.15, 0.2) is 28.7 Å². The molecule has 2 aromatic rings. The number of nitriles is 1. The average Bonchev–Trinajstić information content (AvgIpc) is 2.79. The van der Waals surface area contributed by atoms with Crippen LogP contribution in [0.25, 0.3) is 11.7 Å². The Balaban J connectivity index is 1.86. The minimum Gasteiger partial charge on any atom is -0.378 e. The molecule has 0 bridgehead atoms. The van der Waals surface area contributed by atoms with E-state index >= 15 is 0 Å². The highest BCUT2D eigenvalue weighted by atomic mass is 16.5. The van der Waals surface area contributed by atoms with Crippen LogP contribution in [-0.4, -0.2) is 59.6 Å². The minimum absolute atomic E-state index is 0.0297. The third-order valence-corrected chi connectivity index (χ3v) is 5.66. The van der Waals surface area contributed by atoms with Gasteiger partial charge in [0.25, 0.3) is 11.5 Å². The van der Waals surface area contributed by atoms with Crippen molar-refractivity contribution < 1.29 is 9.53 Å². The monoisotopic (exact) mass is 407 g/mol. The maximum absolute atomic E-state index is 13.4. The second-order valence-electron chi connectivity index (χ2n) is 7.66. The van der Waals surface area contributed by atoms with Crippen LogP contribution >= 0.6 is 0 Å². The molecule has 2 saturated heterocycles. The number of rotatable bonds is 3. The number of carbonyl (C=O) groups excluding carboxylic acids is 1. The molecule has 8 nitrogen and oxygen atoms in total. The van der Waals surface area contributed by atoms with Gasteiger partial charge in [-0.05, 0) is 43.9 Å². The van der Waals surface area contributed by atoms with Crippen LogP contribution in [0.1, 0.15) is 30.4 Å². The van der Waals surface area contributed by atoms with E-state index in [9.17, 15) is 14.9 Å². The van der Waals surface area contributed by atoms with Crippen LogP contribution in [0.2, 0.25) is 0 Å². The number of pyridine rings is 1. The Labute approximate surface area is 175 Å². The molecule has 0 radical (unpaired) electrons. The largest absolute Gasteiger partial charge is 0.378 e. The average molecular weight is 407 g/mol. The first-order valence-corrected chi connectivity index (χ1v) is 10.4. The topological polar surface area (TPSA) is 90.9 Å². The first-order chi connectivity index (χ1) is 14.6. The maximum atomic E-state index is 13.4. The first kappa shape index (κ1) is 20.1.